The lowest BCUT2D eigenvalue weighted by atomic mass is 10.1. The molecular weight excluding hydrogens is 368 g/mol. The van der Waals surface area contributed by atoms with Gasteiger partial charge in [-0.3, -0.25) is 14.5 Å². The number of benzene rings is 2. The van der Waals surface area contributed by atoms with Crippen molar-refractivity contribution in [3.63, 3.8) is 0 Å². The molecule has 0 radical (unpaired) electrons. The number of terminal acetylenes is 1. The number of nitrogens with zero attached hydrogens (tertiary/aromatic N) is 2. The van der Waals surface area contributed by atoms with Crippen LogP contribution in [0.3, 0.4) is 0 Å². The maximum absolute atomic E-state index is 12.4. The lowest BCUT2D eigenvalue weighted by molar-refractivity contribution is -0.122. The molecule has 0 unspecified atom stereocenters. The highest BCUT2D eigenvalue weighted by Crippen LogP contribution is 2.33. The molecule has 2 aromatic carbocycles. The molecule has 4 nitrogen and oxygen atoms in total. The van der Waals surface area contributed by atoms with Crippen molar-refractivity contribution in [3.05, 3.63) is 70.4 Å². The van der Waals surface area contributed by atoms with Crippen LogP contribution in [-0.4, -0.2) is 27.2 Å². The van der Waals surface area contributed by atoms with Crippen LogP contribution in [0.2, 0.25) is 0 Å². The normalized spacial score (nSPS) is 15.6. The van der Waals surface area contributed by atoms with E-state index in [9.17, 15) is 9.59 Å². The molecule has 3 aromatic rings. The van der Waals surface area contributed by atoms with Crippen molar-refractivity contribution in [1.82, 2.24) is 9.47 Å². The Kier molecular flexibility index (Phi) is 4.58. The fourth-order valence-corrected chi connectivity index (χ4v) is 4.34. The molecule has 28 heavy (non-hydrogen) atoms. The van der Waals surface area contributed by atoms with E-state index >= 15 is 0 Å². The minimum atomic E-state index is -0.330. The lowest BCUT2D eigenvalue weighted by Crippen LogP contribution is -2.28. The summed E-state index contributed by atoms with van der Waals surface area (Å²) in [4.78, 5) is 25.9. The van der Waals surface area contributed by atoms with Gasteiger partial charge in [0.2, 0.25) is 0 Å². The van der Waals surface area contributed by atoms with Gasteiger partial charge in [0.15, 0.2) is 0 Å². The van der Waals surface area contributed by atoms with E-state index in [1.165, 1.54) is 10.8 Å². The average molecular weight is 386 g/mol. The lowest BCUT2D eigenvalue weighted by Gasteiger charge is -2.11. The van der Waals surface area contributed by atoms with E-state index in [4.69, 9.17) is 6.42 Å². The second-order valence-electron chi connectivity index (χ2n) is 6.67. The van der Waals surface area contributed by atoms with Gasteiger partial charge in [-0.15, -0.1) is 6.42 Å². The van der Waals surface area contributed by atoms with E-state index in [0.717, 1.165) is 39.3 Å². The number of hydrogen-bond donors (Lipinski definition) is 0. The molecule has 1 aliphatic heterocycles. The Morgan fingerprint density at radius 2 is 1.82 bits per heavy atom. The molecule has 0 N–H and O–H groups in total. The number of hydrogen-bond acceptors (Lipinski definition) is 3. The number of imide groups is 1. The summed E-state index contributed by atoms with van der Waals surface area (Å²) in [5.41, 5.74) is 4.05. The van der Waals surface area contributed by atoms with E-state index in [1.54, 1.807) is 6.08 Å². The van der Waals surface area contributed by atoms with Crippen molar-refractivity contribution in [2.75, 3.05) is 6.54 Å². The number of carbonyl (C=O) groups excluding carboxylic acids is 2. The Morgan fingerprint density at radius 3 is 2.57 bits per heavy atom. The number of fused-ring (bicyclic) bond motifs is 1. The number of amides is 2. The van der Waals surface area contributed by atoms with Crippen molar-refractivity contribution in [3.8, 4) is 18.0 Å². The summed E-state index contributed by atoms with van der Waals surface area (Å²) in [5.74, 6) is 2.03. The largest absolute Gasteiger partial charge is 0.318 e. The van der Waals surface area contributed by atoms with Gasteiger partial charge in [-0.1, -0.05) is 36.3 Å². The second kappa shape index (κ2) is 7.06. The Bertz CT molecular complexity index is 1200. The number of thioether (sulfide) groups is 1. The summed E-state index contributed by atoms with van der Waals surface area (Å²) in [5, 5.41) is 2.04. The van der Waals surface area contributed by atoms with Gasteiger partial charge in [0.05, 0.1) is 11.4 Å². The van der Waals surface area contributed by atoms with Crippen LogP contribution in [0, 0.1) is 26.2 Å². The third kappa shape index (κ3) is 3.02. The molecule has 1 aliphatic rings. The van der Waals surface area contributed by atoms with E-state index < -0.39 is 0 Å². The highest BCUT2D eigenvalue weighted by Gasteiger charge is 2.34. The molecule has 5 heteroatoms. The van der Waals surface area contributed by atoms with E-state index in [0.29, 0.717) is 4.91 Å². The Labute approximate surface area is 167 Å². The molecule has 4 rings (SSSR count). The van der Waals surface area contributed by atoms with E-state index in [2.05, 4.69) is 40.8 Å². The molecular formula is C23H18N2O2S. The van der Waals surface area contributed by atoms with Gasteiger partial charge in [-0.2, -0.15) is 0 Å². The van der Waals surface area contributed by atoms with Crippen LogP contribution in [0.1, 0.15) is 17.0 Å². The van der Waals surface area contributed by atoms with Crippen LogP contribution < -0.4 is 0 Å². The number of aryl methyl sites for hydroxylation is 1. The molecule has 1 fully saturated rings. The zero-order valence-electron chi connectivity index (χ0n) is 15.6. The molecule has 0 bridgehead atoms. The quantitative estimate of drug-likeness (QED) is 0.474. The molecule has 1 aromatic heterocycles. The highest BCUT2D eigenvalue weighted by molar-refractivity contribution is 8.18. The molecule has 138 valence electrons. The molecule has 1 saturated heterocycles. The zero-order chi connectivity index (χ0) is 19.8. The maximum atomic E-state index is 12.4. The van der Waals surface area contributed by atoms with Gasteiger partial charge in [-0.05, 0) is 66.2 Å². The fourth-order valence-electron chi connectivity index (χ4n) is 3.52. The second-order valence-corrected chi connectivity index (χ2v) is 7.66. The number of aromatic nitrogens is 1. The van der Waals surface area contributed by atoms with Crippen LogP contribution in [0.25, 0.3) is 22.5 Å². The van der Waals surface area contributed by atoms with Crippen molar-refractivity contribution >= 4 is 39.8 Å². The van der Waals surface area contributed by atoms with Crippen LogP contribution in [0.5, 0.6) is 0 Å². The molecule has 0 atom stereocenters. The first-order valence-electron chi connectivity index (χ1n) is 8.86. The van der Waals surface area contributed by atoms with Crippen molar-refractivity contribution in [1.29, 1.82) is 0 Å². The molecule has 2 amide bonds. The van der Waals surface area contributed by atoms with Gasteiger partial charge in [-0.25, -0.2) is 0 Å². The van der Waals surface area contributed by atoms with Crippen LogP contribution in [0.15, 0.2) is 53.4 Å². The predicted molar refractivity (Wildman–Crippen MR) is 114 cm³/mol. The van der Waals surface area contributed by atoms with Gasteiger partial charge >= 0.3 is 0 Å². The molecule has 2 heterocycles. The van der Waals surface area contributed by atoms with Crippen molar-refractivity contribution < 1.29 is 9.59 Å². The summed E-state index contributed by atoms with van der Waals surface area (Å²) < 4.78 is 2.16. The standard InChI is InChI=1S/C23H18N2O2S/c1-4-11-24-22(26)21(28-23(24)27)14-19-12-15(2)25(16(19)3)20-10-9-17-7-5-6-8-18(17)13-20/h1,5-10,12-14H,11H2,2-3H3/b21-14+. The minimum Gasteiger partial charge on any atom is -0.318 e. The van der Waals surface area contributed by atoms with Gasteiger partial charge in [0, 0.05) is 17.1 Å². The maximum Gasteiger partial charge on any atom is 0.294 e. The van der Waals surface area contributed by atoms with Crippen molar-refractivity contribution in [2.24, 2.45) is 0 Å². The minimum absolute atomic E-state index is 0.00187. The summed E-state index contributed by atoms with van der Waals surface area (Å²) >= 11 is 0.932. The summed E-state index contributed by atoms with van der Waals surface area (Å²) in [7, 11) is 0. The SMILES string of the molecule is C#CCN1C(=O)S/C(=C/c2cc(C)n(-c3ccc4ccccc4c3)c2C)C1=O. The van der Waals surface area contributed by atoms with Gasteiger partial charge in [0.25, 0.3) is 11.1 Å². The first-order chi connectivity index (χ1) is 13.5. The smallest absolute Gasteiger partial charge is 0.294 e. The van der Waals surface area contributed by atoms with Crippen LogP contribution in [0.4, 0.5) is 4.79 Å². The predicted octanol–water partition coefficient (Wildman–Crippen LogP) is 4.92. The average Bonchev–Trinajstić information content (AvgIpc) is 3.11. The number of rotatable bonds is 3. The third-order valence-corrected chi connectivity index (χ3v) is 5.78. The Morgan fingerprint density at radius 1 is 1.07 bits per heavy atom. The zero-order valence-corrected chi connectivity index (χ0v) is 16.4. The first-order valence-corrected chi connectivity index (χ1v) is 9.68. The Balaban J connectivity index is 1.75. The monoisotopic (exact) mass is 386 g/mol. The summed E-state index contributed by atoms with van der Waals surface area (Å²) in [6.07, 6.45) is 7.03. The fraction of sp³-hybridized carbons (Fsp3) is 0.130. The summed E-state index contributed by atoms with van der Waals surface area (Å²) in [6.45, 7) is 4.04. The molecule has 0 spiro atoms. The van der Waals surface area contributed by atoms with Crippen LogP contribution >= 0.6 is 11.8 Å². The molecule has 0 saturated carbocycles. The van der Waals surface area contributed by atoms with Crippen LogP contribution in [-0.2, 0) is 4.79 Å². The molecule has 0 aliphatic carbocycles. The van der Waals surface area contributed by atoms with E-state index in [-0.39, 0.29) is 17.7 Å². The summed E-state index contributed by atoms with van der Waals surface area (Å²) in [6, 6.07) is 16.6. The number of carbonyl (C=O) groups is 2. The highest BCUT2D eigenvalue weighted by atomic mass is 32.2. The van der Waals surface area contributed by atoms with Gasteiger partial charge < -0.3 is 4.57 Å². The topological polar surface area (TPSA) is 42.3 Å². The van der Waals surface area contributed by atoms with Crippen molar-refractivity contribution in [2.45, 2.75) is 13.8 Å². The third-order valence-electron chi connectivity index (χ3n) is 4.87. The van der Waals surface area contributed by atoms with Gasteiger partial charge in [0.1, 0.15) is 0 Å². The Hall–Kier alpha value is -3.23. The first kappa shape index (κ1) is 18.1. The van der Waals surface area contributed by atoms with E-state index in [1.807, 2.05) is 32.0 Å².